The molecule has 3 heterocycles. The Labute approximate surface area is 189 Å². The topological polar surface area (TPSA) is 63.0 Å². The van der Waals surface area contributed by atoms with Crippen molar-refractivity contribution in [1.29, 1.82) is 0 Å². The molecule has 8 heteroatoms. The molecule has 0 amide bonds. The molecule has 5 rings (SSSR count). The number of nitrogens with zero attached hydrogens (tertiary/aromatic N) is 3. The van der Waals surface area contributed by atoms with Gasteiger partial charge in [-0.3, -0.25) is 0 Å². The van der Waals surface area contributed by atoms with Crippen LogP contribution in [-0.4, -0.2) is 32.7 Å². The lowest BCUT2D eigenvalue weighted by atomic mass is 9.94. The Balaban J connectivity index is 1.78. The van der Waals surface area contributed by atoms with Crippen LogP contribution in [0.25, 0.3) is 33.3 Å². The van der Waals surface area contributed by atoms with Gasteiger partial charge < -0.3 is 15.0 Å². The third-order valence-corrected chi connectivity index (χ3v) is 6.43. The first kappa shape index (κ1) is 21.7. The standard InChI is InChI=1S/C25H25F3N4O/c1-15-5-6-19-20(13-15)30-23(25(26,27)28)21-22(19)32(12-9-16-7-10-29-11-8-16)24(31-21)17-3-2-4-18(33)14-17/h2-6,13-14,16,29,33H,7-12H2,1H3. The normalized spacial score (nSPS) is 15.5. The molecular formula is C25H25F3N4O. The maximum atomic E-state index is 14.1. The van der Waals surface area contributed by atoms with Gasteiger partial charge in [-0.2, -0.15) is 13.2 Å². The van der Waals surface area contributed by atoms with Gasteiger partial charge in [-0.1, -0.05) is 24.3 Å². The molecule has 4 aromatic rings. The first-order valence-corrected chi connectivity index (χ1v) is 11.2. The van der Waals surface area contributed by atoms with E-state index in [-0.39, 0.29) is 11.3 Å². The van der Waals surface area contributed by atoms with E-state index in [0.29, 0.717) is 40.3 Å². The van der Waals surface area contributed by atoms with Crippen LogP contribution in [0.15, 0.2) is 42.5 Å². The lowest BCUT2D eigenvalue weighted by Gasteiger charge is -2.23. The van der Waals surface area contributed by atoms with Crippen molar-refractivity contribution >= 4 is 21.9 Å². The molecule has 0 aliphatic carbocycles. The lowest BCUT2D eigenvalue weighted by Crippen LogP contribution is -2.28. The SMILES string of the molecule is Cc1ccc2c(c1)nc(C(F)(F)F)c1nc(-c3cccc(O)c3)n(CCC3CCNCC3)c12. The highest BCUT2D eigenvalue weighted by molar-refractivity contribution is 6.05. The summed E-state index contributed by atoms with van der Waals surface area (Å²) in [7, 11) is 0. The summed E-state index contributed by atoms with van der Waals surface area (Å²) in [5.74, 6) is 0.951. The van der Waals surface area contributed by atoms with Crippen LogP contribution in [0, 0.1) is 12.8 Å². The highest BCUT2D eigenvalue weighted by atomic mass is 19.4. The maximum absolute atomic E-state index is 14.1. The Hall–Kier alpha value is -3.13. The molecule has 0 unspecified atom stereocenters. The van der Waals surface area contributed by atoms with Crippen LogP contribution in [0.2, 0.25) is 0 Å². The second-order valence-corrected chi connectivity index (χ2v) is 8.80. The number of alkyl halides is 3. The van der Waals surface area contributed by atoms with Gasteiger partial charge in [0.25, 0.3) is 0 Å². The molecule has 172 valence electrons. The fourth-order valence-corrected chi connectivity index (χ4v) is 4.76. The number of pyridine rings is 1. The number of hydrogen-bond donors (Lipinski definition) is 2. The molecule has 33 heavy (non-hydrogen) atoms. The van der Waals surface area contributed by atoms with Crippen molar-refractivity contribution in [2.24, 2.45) is 5.92 Å². The summed E-state index contributed by atoms with van der Waals surface area (Å²) >= 11 is 0. The number of piperidine rings is 1. The first-order valence-electron chi connectivity index (χ1n) is 11.2. The van der Waals surface area contributed by atoms with Crippen LogP contribution in [0.4, 0.5) is 13.2 Å². The summed E-state index contributed by atoms with van der Waals surface area (Å²) in [6.07, 6.45) is -1.71. The van der Waals surface area contributed by atoms with E-state index < -0.39 is 11.9 Å². The van der Waals surface area contributed by atoms with Crippen molar-refractivity contribution in [3.8, 4) is 17.1 Å². The van der Waals surface area contributed by atoms with Gasteiger partial charge in [0, 0.05) is 17.5 Å². The zero-order valence-corrected chi connectivity index (χ0v) is 18.3. The molecule has 0 radical (unpaired) electrons. The second-order valence-electron chi connectivity index (χ2n) is 8.80. The molecular weight excluding hydrogens is 429 g/mol. The molecule has 1 fully saturated rings. The predicted molar refractivity (Wildman–Crippen MR) is 122 cm³/mol. The van der Waals surface area contributed by atoms with Gasteiger partial charge in [-0.25, -0.2) is 9.97 Å². The van der Waals surface area contributed by atoms with Crippen molar-refractivity contribution in [2.75, 3.05) is 13.1 Å². The zero-order valence-electron chi connectivity index (χ0n) is 18.3. The minimum absolute atomic E-state index is 0.0408. The third kappa shape index (κ3) is 4.15. The fourth-order valence-electron chi connectivity index (χ4n) is 4.76. The van der Waals surface area contributed by atoms with E-state index in [0.717, 1.165) is 37.9 Å². The Morgan fingerprint density at radius 1 is 1.09 bits per heavy atom. The highest BCUT2D eigenvalue weighted by Crippen LogP contribution is 2.39. The quantitative estimate of drug-likeness (QED) is 0.417. The van der Waals surface area contributed by atoms with Gasteiger partial charge in [0.2, 0.25) is 0 Å². The Morgan fingerprint density at radius 2 is 1.88 bits per heavy atom. The van der Waals surface area contributed by atoms with Crippen LogP contribution >= 0.6 is 0 Å². The number of phenolic OH excluding ortho intramolecular Hbond substituents is 1. The first-order chi connectivity index (χ1) is 15.8. The minimum Gasteiger partial charge on any atom is -0.508 e. The number of phenols is 1. The van der Waals surface area contributed by atoms with E-state index in [2.05, 4.69) is 15.3 Å². The van der Waals surface area contributed by atoms with Crippen LogP contribution in [0.1, 0.15) is 30.5 Å². The van der Waals surface area contributed by atoms with Crippen molar-refractivity contribution in [3.63, 3.8) is 0 Å². The number of imidazole rings is 1. The number of aromatic hydroxyl groups is 1. The number of fused-ring (bicyclic) bond motifs is 3. The molecule has 0 bridgehead atoms. The van der Waals surface area contributed by atoms with Crippen LogP contribution in [-0.2, 0) is 12.7 Å². The van der Waals surface area contributed by atoms with Gasteiger partial charge in [0.1, 0.15) is 17.1 Å². The summed E-state index contributed by atoms with van der Waals surface area (Å²) in [5, 5.41) is 14.0. The molecule has 1 saturated heterocycles. The number of benzene rings is 2. The van der Waals surface area contributed by atoms with Crippen LogP contribution in [0.3, 0.4) is 0 Å². The second kappa shape index (κ2) is 8.33. The summed E-state index contributed by atoms with van der Waals surface area (Å²) in [6, 6.07) is 11.9. The van der Waals surface area contributed by atoms with Crippen molar-refractivity contribution < 1.29 is 18.3 Å². The lowest BCUT2D eigenvalue weighted by molar-refractivity contribution is -0.139. The summed E-state index contributed by atoms with van der Waals surface area (Å²) in [5.41, 5.74) is 1.04. The molecule has 1 aliphatic rings. The van der Waals surface area contributed by atoms with Gasteiger partial charge in [-0.15, -0.1) is 0 Å². The molecule has 0 spiro atoms. The summed E-state index contributed by atoms with van der Waals surface area (Å²) in [6.45, 7) is 4.29. The number of aromatic nitrogens is 3. The number of hydrogen-bond acceptors (Lipinski definition) is 4. The molecule has 0 saturated carbocycles. The third-order valence-electron chi connectivity index (χ3n) is 6.43. The van der Waals surface area contributed by atoms with E-state index in [4.69, 9.17) is 0 Å². The van der Waals surface area contributed by atoms with E-state index >= 15 is 0 Å². The molecule has 0 atom stereocenters. The van der Waals surface area contributed by atoms with E-state index in [1.165, 1.54) is 12.1 Å². The molecule has 1 aliphatic heterocycles. The molecule has 2 N–H and O–H groups in total. The Kier molecular flexibility index (Phi) is 5.48. The number of nitrogens with one attached hydrogen (secondary N) is 1. The van der Waals surface area contributed by atoms with Crippen molar-refractivity contribution in [1.82, 2.24) is 19.9 Å². The van der Waals surface area contributed by atoms with Gasteiger partial charge in [0.15, 0.2) is 5.69 Å². The average Bonchev–Trinajstić information content (AvgIpc) is 3.16. The smallest absolute Gasteiger partial charge is 0.435 e. The van der Waals surface area contributed by atoms with E-state index in [1.54, 1.807) is 18.2 Å². The summed E-state index contributed by atoms with van der Waals surface area (Å²) < 4.78 is 44.1. The Bertz CT molecular complexity index is 1320. The highest BCUT2D eigenvalue weighted by Gasteiger charge is 2.37. The van der Waals surface area contributed by atoms with Gasteiger partial charge in [0.05, 0.1) is 11.0 Å². The molecule has 5 nitrogen and oxygen atoms in total. The van der Waals surface area contributed by atoms with E-state index in [9.17, 15) is 18.3 Å². The van der Waals surface area contributed by atoms with Crippen molar-refractivity contribution in [3.05, 3.63) is 53.7 Å². The van der Waals surface area contributed by atoms with Crippen LogP contribution < -0.4 is 5.32 Å². The number of halogens is 3. The largest absolute Gasteiger partial charge is 0.508 e. The Morgan fingerprint density at radius 3 is 2.61 bits per heavy atom. The predicted octanol–water partition coefficient (Wildman–Crippen LogP) is 5.67. The summed E-state index contributed by atoms with van der Waals surface area (Å²) in [4.78, 5) is 8.48. The average molecular weight is 454 g/mol. The monoisotopic (exact) mass is 454 g/mol. The van der Waals surface area contributed by atoms with Crippen LogP contribution in [0.5, 0.6) is 5.75 Å². The molecule has 2 aromatic carbocycles. The zero-order chi connectivity index (χ0) is 23.2. The fraction of sp³-hybridized carbons (Fsp3) is 0.360. The van der Waals surface area contributed by atoms with E-state index in [1.807, 2.05) is 23.6 Å². The molecule has 2 aromatic heterocycles. The number of rotatable bonds is 4. The minimum atomic E-state index is -4.64. The van der Waals surface area contributed by atoms with Crippen molar-refractivity contribution in [2.45, 2.75) is 38.9 Å². The number of aryl methyl sites for hydroxylation is 2. The van der Waals surface area contributed by atoms with Gasteiger partial charge in [-0.05, 0) is 69.0 Å². The van der Waals surface area contributed by atoms with Gasteiger partial charge >= 0.3 is 6.18 Å². The maximum Gasteiger partial charge on any atom is 0.435 e.